The fourth-order valence-corrected chi connectivity index (χ4v) is 1.19. The summed E-state index contributed by atoms with van der Waals surface area (Å²) in [5.41, 5.74) is 0.836. The molecule has 0 radical (unpaired) electrons. The molecule has 1 aromatic rings. The lowest BCUT2D eigenvalue weighted by Crippen LogP contribution is -2.00. The van der Waals surface area contributed by atoms with E-state index in [-0.39, 0.29) is 5.57 Å². The van der Waals surface area contributed by atoms with Crippen LogP contribution in [0.15, 0.2) is 40.9 Å². The molecule has 68 valence electrons. The van der Waals surface area contributed by atoms with Crippen molar-refractivity contribution in [1.29, 1.82) is 0 Å². The smallest absolute Gasteiger partial charge is 0.148 e. The number of halogens is 1. The molecule has 1 N–H and O–H groups in total. The molecule has 0 amide bonds. The summed E-state index contributed by atoms with van der Waals surface area (Å²) >= 11 is 3.28. The minimum Gasteiger partial charge on any atom is -0.384 e. The lowest BCUT2D eigenvalue weighted by atomic mass is 10.0. The van der Waals surface area contributed by atoms with E-state index in [2.05, 4.69) is 22.5 Å². The van der Waals surface area contributed by atoms with Crippen LogP contribution >= 0.6 is 15.9 Å². The molecule has 0 spiro atoms. The normalized spacial score (nSPS) is 12.2. The minimum atomic E-state index is -0.898. The van der Waals surface area contributed by atoms with Gasteiger partial charge in [0.25, 0.3) is 0 Å². The van der Waals surface area contributed by atoms with Crippen LogP contribution in [-0.4, -0.2) is 11.4 Å². The summed E-state index contributed by atoms with van der Waals surface area (Å²) in [5.74, 6) is 0. The zero-order chi connectivity index (χ0) is 9.84. The van der Waals surface area contributed by atoms with E-state index in [1.165, 1.54) is 0 Å². The quantitative estimate of drug-likeness (QED) is 0.650. The second-order valence-corrected chi connectivity index (χ2v) is 3.56. The Labute approximate surface area is 85.0 Å². The van der Waals surface area contributed by atoms with E-state index in [9.17, 15) is 9.90 Å². The molecule has 1 rings (SSSR count). The van der Waals surface area contributed by atoms with Crippen LogP contribution in [0.1, 0.15) is 11.7 Å². The van der Waals surface area contributed by atoms with E-state index < -0.39 is 6.10 Å². The van der Waals surface area contributed by atoms with Gasteiger partial charge in [-0.2, -0.15) is 0 Å². The van der Waals surface area contributed by atoms with Gasteiger partial charge in [0.1, 0.15) is 12.4 Å². The van der Waals surface area contributed by atoms with Gasteiger partial charge in [0, 0.05) is 10.0 Å². The minimum absolute atomic E-state index is 0.169. The number of benzene rings is 1. The second kappa shape index (κ2) is 4.35. The predicted molar refractivity (Wildman–Crippen MR) is 54.3 cm³/mol. The Morgan fingerprint density at radius 2 is 2.00 bits per heavy atom. The van der Waals surface area contributed by atoms with Gasteiger partial charge in [-0.05, 0) is 17.7 Å². The molecule has 0 aliphatic rings. The summed E-state index contributed by atoms with van der Waals surface area (Å²) in [4.78, 5) is 10.3. The van der Waals surface area contributed by atoms with Crippen molar-refractivity contribution in [3.8, 4) is 0 Å². The second-order valence-electron chi connectivity index (χ2n) is 2.65. The van der Waals surface area contributed by atoms with Crippen LogP contribution in [0, 0.1) is 0 Å². The molecule has 0 saturated heterocycles. The van der Waals surface area contributed by atoms with Gasteiger partial charge in [-0.1, -0.05) is 34.6 Å². The van der Waals surface area contributed by atoms with E-state index in [0.717, 1.165) is 4.47 Å². The van der Waals surface area contributed by atoms with Crippen molar-refractivity contribution in [2.45, 2.75) is 6.10 Å². The van der Waals surface area contributed by atoms with Gasteiger partial charge in [-0.25, -0.2) is 0 Å². The van der Waals surface area contributed by atoms with E-state index in [4.69, 9.17) is 0 Å². The number of aliphatic hydroxyl groups excluding tert-OH is 1. The highest BCUT2D eigenvalue weighted by atomic mass is 79.9. The van der Waals surface area contributed by atoms with Crippen LogP contribution in [0.2, 0.25) is 0 Å². The van der Waals surface area contributed by atoms with Crippen molar-refractivity contribution in [1.82, 2.24) is 0 Å². The van der Waals surface area contributed by atoms with Crippen molar-refractivity contribution >= 4 is 22.2 Å². The average molecular weight is 241 g/mol. The molecular weight excluding hydrogens is 232 g/mol. The molecule has 0 aliphatic heterocycles. The maximum Gasteiger partial charge on any atom is 0.148 e. The van der Waals surface area contributed by atoms with Crippen molar-refractivity contribution in [3.05, 3.63) is 46.5 Å². The molecule has 2 nitrogen and oxygen atoms in total. The number of hydrogen-bond donors (Lipinski definition) is 1. The first-order valence-electron chi connectivity index (χ1n) is 3.72. The van der Waals surface area contributed by atoms with E-state index in [1.807, 2.05) is 0 Å². The number of carbonyl (C=O) groups excluding carboxylic acids is 1. The van der Waals surface area contributed by atoms with Gasteiger partial charge in [-0.15, -0.1) is 0 Å². The van der Waals surface area contributed by atoms with Gasteiger partial charge >= 0.3 is 0 Å². The van der Waals surface area contributed by atoms with Crippen molar-refractivity contribution in [2.24, 2.45) is 0 Å². The Morgan fingerprint density at radius 1 is 1.46 bits per heavy atom. The lowest BCUT2D eigenvalue weighted by molar-refractivity contribution is -0.105. The monoisotopic (exact) mass is 240 g/mol. The van der Waals surface area contributed by atoms with Crippen LogP contribution in [0.5, 0.6) is 0 Å². The van der Waals surface area contributed by atoms with Gasteiger partial charge in [0.2, 0.25) is 0 Å². The summed E-state index contributed by atoms with van der Waals surface area (Å²) in [6.07, 6.45) is -0.335. The van der Waals surface area contributed by atoms with Crippen LogP contribution < -0.4 is 0 Å². The fraction of sp³-hybridized carbons (Fsp3) is 0.100. The molecule has 1 unspecified atom stereocenters. The predicted octanol–water partition coefficient (Wildman–Crippen LogP) is 2.24. The summed E-state index contributed by atoms with van der Waals surface area (Å²) < 4.78 is 0.931. The largest absolute Gasteiger partial charge is 0.384 e. The molecule has 3 heteroatoms. The molecule has 0 aromatic heterocycles. The molecule has 0 saturated carbocycles. The molecule has 0 aliphatic carbocycles. The maximum atomic E-state index is 10.3. The summed E-state index contributed by atoms with van der Waals surface area (Å²) in [6.45, 7) is 3.44. The highest BCUT2D eigenvalue weighted by Crippen LogP contribution is 2.20. The van der Waals surface area contributed by atoms with Gasteiger partial charge in [0.15, 0.2) is 0 Å². The molecule has 13 heavy (non-hydrogen) atoms. The SMILES string of the molecule is C=C(C=O)C(O)c1ccc(Br)cc1. The Morgan fingerprint density at radius 3 is 2.46 bits per heavy atom. The third-order valence-electron chi connectivity index (χ3n) is 1.69. The van der Waals surface area contributed by atoms with Crippen molar-refractivity contribution in [3.63, 3.8) is 0 Å². The van der Waals surface area contributed by atoms with Gasteiger partial charge < -0.3 is 5.11 Å². The summed E-state index contributed by atoms with van der Waals surface area (Å²) in [5, 5.41) is 9.53. The van der Waals surface area contributed by atoms with Crippen molar-refractivity contribution in [2.75, 3.05) is 0 Å². The van der Waals surface area contributed by atoms with Gasteiger partial charge in [-0.3, -0.25) is 4.79 Å². The molecular formula is C10H9BrO2. The summed E-state index contributed by atoms with van der Waals surface area (Å²) in [7, 11) is 0. The lowest BCUT2D eigenvalue weighted by Gasteiger charge is -2.08. The van der Waals surface area contributed by atoms with Crippen molar-refractivity contribution < 1.29 is 9.90 Å². The summed E-state index contributed by atoms with van der Waals surface area (Å²) in [6, 6.07) is 7.08. The average Bonchev–Trinajstić information content (AvgIpc) is 2.17. The topological polar surface area (TPSA) is 37.3 Å². The number of aldehydes is 1. The first kappa shape index (κ1) is 10.2. The van der Waals surface area contributed by atoms with Crippen LogP contribution in [0.4, 0.5) is 0 Å². The Bertz CT molecular complexity index is 316. The highest BCUT2D eigenvalue weighted by molar-refractivity contribution is 9.10. The number of aliphatic hydroxyl groups is 1. The van der Waals surface area contributed by atoms with E-state index in [0.29, 0.717) is 11.8 Å². The molecule has 1 aromatic carbocycles. The zero-order valence-corrected chi connectivity index (χ0v) is 8.49. The zero-order valence-electron chi connectivity index (χ0n) is 6.90. The highest BCUT2D eigenvalue weighted by Gasteiger charge is 2.09. The Balaban J connectivity index is 2.89. The Hall–Kier alpha value is -0.930. The van der Waals surface area contributed by atoms with Crippen LogP contribution in [0.3, 0.4) is 0 Å². The van der Waals surface area contributed by atoms with Crippen LogP contribution in [-0.2, 0) is 4.79 Å². The fourth-order valence-electron chi connectivity index (χ4n) is 0.924. The first-order valence-corrected chi connectivity index (χ1v) is 4.52. The molecule has 0 heterocycles. The molecule has 0 fully saturated rings. The van der Waals surface area contributed by atoms with Gasteiger partial charge in [0.05, 0.1) is 0 Å². The molecule has 0 bridgehead atoms. The third-order valence-corrected chi connectivity index (χ3v) is 2.22. The third kappa shape index (κ3) is 2.50. The number of rotatable bonds is 3. The number of hydrogen-bond acceptors (Lipinski definition) is 2. The Kier molecular flexibility index (Phi) is 3.39. The standard InChI is InChI=1S/C10H9BrO2/c1-7(6-12)10(13)8-2-4-9(11)5-3-8/h2-6,10,13H,1H2. The van der Waals surface area contributed by atoms with Crippen LogP contribution in [0.25, 0.3) is 0 Å². The maximum absolute atomic E-state index is 10.3. The first-order chi connectivity index (χ1) is 6.15. The number of carbonyl (C=O) groups is 1. The molecule has 1 atom stereocenters. The van der Waals surface area contributed by atoms with E-state index in [1.54, 1.807) is 24.3 Å². The van der Waals surface area contributed by atoms with E-state index >= 15 is 0 Å².